The van der Waals surface area contributed by atoms with E-state index in [1.54, 1.807) is 0 Å². The molecule has 14 heavy (non-hydrogen) atoms. The SMILES string of the molecule is C=C(CNC(C)C)CN1CCCCC1. The van der Waals surface area contributed by atoms with Gasteiger partial charge in [-0.3, -0.25) is 4.90 Å². The Bertz CT molecular complexity index is 169. The van der Waals surface area contributed by atoms with Crippen LogP contribution in [0.25, 0.3) is 0 Å². The molecule has 1 aliphatic heterocycles. The molecule has 2 nitrogen and oxygen atoms in total. The van der Waals surface area contributed by atoms with Gasteiger partial charge in [-0.05, 0) is 31.5 Å². The zero-order valence-corrected chi connectivity index (χ0v) is 9.68. The predicted octanol–water partition coefficient (Wildman–Crippen LogP) is 2.03. The first-order valence-corrected chi connectivity index (χ1v) is 5.81. The van der Waals surface area contributed by atoms with Gasteiger partial charge in [0.1, 0.15) is 0 Å². The largest absolute Gasteiger partial charge is 0.311 e. The van der Waals surface area contributed by atoms with E-state index < -0.39 is 0 Å². The molecule has 82 valence electrons. The quantitative estimate of drug-likeness (QED) is 0.677. The van der Waals surface area contributed by atoms with Crippen LogP contribution in [0, 0.1) is 0 Å². The van der Waals surface area contributed by atoms with Crippen molar-refractivity contribution in [3.8, 4) is 0 Å². The smallest absolute Gasteiger partial charge is 0.0202 e. The van der Waals surface area contributed by atoms with Crippen molar-refractivity contribution in [2.24, 2.45) is 0 Å². The third-order valence-corrected chi connectivity index (χ3v) is 2.66. The van der Waals surface area contributed by atoms with Crippen molar-refractivity contribution in [3.63, 3.8) is 0 Å². The summed E-state index contributed by atoms with van der Waals surface area (Å²) in [6.45, 7) is 13.0. The maximum Gasteiger partial charge on any atom is 0.0202 e. The molecule has 0 bridgehead atoms. The Morgan fingerprint density at radius 3 is 2.50 bits per heavy atom. The number of hydrogen-bond donors (Lipinski definition) is 1. The molecular weight excluding hydrogens is 172 g/mol. The van der Waals surface area contributed by atoms with Crippen molar-refractivity contribution in [1.82, 2.24) is 10.2 Å². The Kier molecular flexibility index (Phi) is 5.20. The van der Waals surface area contributed by atoms with E-state index in [0.717, 1.165) is 13.1 Å². The highest BCUT2D eigenvalue weighted by Gasteiger charge is 2.10. The minimum atomic E-state index is 0.563. The molecule has 1 aliphatic rings. The maximum absolute atomic E-state index is 4.12. The van der Waals surface area contributed by atoms with Crippen LogP contribution >= 0.6 is 0 Å². The fraction of sp³-hybridized carbons (Fsp3) is 0.833. The van der Waals surface area contributed by atoms with Gasteiger partial charge in [0.05, 0.1) is 0 Å². The number of hydrogen-bond acceptors (Lipinski definition) is 2. The van der Waals surface area contributed by atoms with Crippen LogP contribution in [0.4, 0.5) is 0 Å². The zero-order chi connectivity index (χ0) is 10.4. The lowest BCUT2D eigenvalue weighted by molar-refractivity contribution is 0.245. The monoisotopic (exact) mass is 196 g/mol. The molecule has 1 fully saturated rings. The first-order chi connectivity index (χ1) is 6.68. The molecule has 0 aliphatic carbocycles. The molecule has 0 amide bonds. The normalized spacial score (nSPS) is 18.8. The molecule has 0 saturated carbocycles. The molecule has 0 unspecified atom stereocenters. The number of nitrogens with one attached hydrogen (secondary N) is 1. The van der Waals surface area contributed by atoms with Gasteiger partial charge in [0.15, 0.2) is 0 Å². The van der Waals surface area contributed by atoms with E-state index in [2.05, 4.69) is 30.6 Å². The van der Waals surface area contributed by atoms with E-state index in [1.165, 1.54) is 37.9 Å². The molecule has 1 rings (SSSR count). The molecule has 0 radical (unpaired) electrons. The lowest BCUT2D eigenvalue weighted by atomic mass is 10.1. The highest BCUT2D eigenvalue weighted by atomic mass is 15.1. The highest BCUT2D eigenvalue weighted by molar-refractivity contribution is 5.00. The van der Waals surface area contributed by atoms with Gasteiger partial charge in [-0.25, -0.2) is 0 Å². The molecule has 1 saturated heterocycles. The standard InChI is InChI=1S/C12H24N2/c1-11(2)13-9-12(3)10-14-7-5-4-6-8-14/h11,13H,3-10H2,1-2H3. The summed E-state index contributed by atoms with van der Waals surface area (Å²) in [6.07, 6.45) is 4.14. The van der Waals surface area contributed by atoms with E-state index in [4.69, 9.17) is 0 Å². The van der Waals surface area contributed by atoms with Crippen molar-refractivity contribution in [2.75, 3.05) is 26.2 Å². The molecule has 0 atom stereocenters. The number of likely N-dealkylation sites (tertiary alicyclic amines) is 1. The summed E-state index contributed by atoms with van der Waals surface area (Å²) < 4.78 is 0. The maximum atomic E-state index is 4.12. The fourth-order valence-corrected chi connectivity index (χ4v) is 1.84. The molecule has 0 aromatic rings. The Morgan fingerprint density at radius 2 is 1.93 bits per heavy atom. The van der Waals surface area contributed by atoms with E-state index in [0.29, 0.717) is 6.04 Å². The Balaban J connectivity index is 2.12. The summed E-state index contributed by atoms with van der Waals surface area (Å²) in [5.74, 6) is 0. The van der Waals surface area contributed by atoms with Gasteiger partial charge in [-0.1, -0.05) is 26.8 Å². The van der Waals surface area contributed by atoms with Crippen LogP contribution in [0.3, 0.4) is 0 Å². The second-order valence-electron chi connectivity index (χ2n) is 4.62. The third kappa shape index (κ3) is 4.77. The van der Waals surface area contributed by atoms with Crippen LogP contribution < -0.4 is 5.32 Å². The molecular formula is C12H24N2. The van der Waals surface area contributed by atoms with Gasteiger partial charge in [0, 0.05) is 19.1 Å². The van der Waals surface area contributed by atoms with E-state index in [-0.39, 0.29) is 0 Å². The van der Waals surface area contributed by atoms with Crippen molar-refractivity contribution in [1.29, 1.82) is 0 Å². The second-order valence-corrected chi connectivity index (χ2v) is 4.62. The van der Waals surface area contributed by atoms with Gasteiger partial charge < -0.3 is 5.32 Å². The molecule has 2 heteroatoms. The van der Waals surface area contributed by atoms with E-state index >= 15 is 0 Å². The minimum Gasteiger partial charge on any atom is -0.311 e. The number of rotatable bonds is 5. The first kappa shape index (κ1) is 11.7. The number of nitrogens with zero attached hydrogens (tertiary/aromatic N) is 1. The van der Waals surface area contributed by atoms with Crippen molar-refractivity contribution in [2.45, 2.75) is 39.2 Å². The minimum absolute atomic E-state index is 0.563. The average molecular weight is 196 g/mol. The lowest BCUT2D eigenvalue weighted by Crippen LogP contribution is -2.34. The average Bonchev–Trinajstić information content (AvgIpc) is 2.16. The summed E-state index contributed by atoms with van der Waals surface area (Å²) >= 11 is 0. The van der Waals surface area contributed by atoms with Gasteiger partial charge in [-0.15, -0.1) is 0 Å². The number of piperidine rings is 1. The van der Waals surface area contributed by atoms with Crippen molar-refractivity contribution >= 4 is 0 Å². The van der Waals surface area contributed by atoms with E-state index in [1.807, 2.05) is 0 Å². The van der Waals surface area contributed by atoms with Crippen LogP contribution in [-0.2, 0) is 0 Å². The third-order valence-electron chi connectivity index (χ3n) is 2.66. The first-order valence-electron chi connectivity index (χ1n) is 5.81. The summed E-state index contributed by atoms with van der Waals surface area (Å²) in [4.78, 5) is 2.52. The van der Waals surface area contributed by atoms with Crippen LogP contribution in [0.15, 0.2) is 12.2 Å². The fourth-order valence-electron chi connectivity index (χ4n) is 1.84. The second kappa shape index (κ2) is 6.20. The topological polar surface area (TPSA) is 15.3 Å². The van der Waals surface area contributed by atoms with Gasteiger partial charge in [0.2, 0.25) is 0 Å². The van der Waals surface area contributed by atoms with Gasteiger partial charge >= 0.3 is 0 Å². The van der Waals surface area contributed by atoms with Crippen LogP contribution in [0.2, 0.25) is 0 Å². The predicted molar refractivity (Wildman–Crippen MR) is 62.6 cm³/mol. The Hall–Kier alpha value is -0.340. The Morgan fingerprint density at radius 1 is 1.29 bits per heavy atom. The highest BCUT2D eigenvalue weighted by Crippen LogP contribution is 2.09. The molecule has 0 aromatic heterocycles. The molecule has 0 spiro atoms. The molecule has 0 aromatic carbocycles. The van der Waals surface area contributed by atoms with Gasteiger partial charge in [0.25, 0.3) is 0 Å². The Labute approximate surface area is 88.4 Å². The summed E-state index contributed by atoms with van der Waals surface area (Å²) in [5, 5.41) is 3.41. The van der Waals surface area contributed by atoms with E-state index in [9.17, 15) is 0 Å². The van der Waals surface area contributed by atoms with Crippen LogP contribution in [0.5, 0.6) is 0 Å². The molecule has 1 N–H and O–H groups in total. The zero-order valence-electron chi connectivity index (χ0n) is 9.68. The van der Waals surface area contributed by atoms with Gasteiger partial charge in [-0.2, -0.15) is 0 Å². The lowest BCUT2D eigenvalue weighted by Gasteiger charge is -2.27. The summed E-state index contributed by atoms with van der Waals surface area (Å²) in [6, 6.07) is 0.563. The summed E-state index contributed by atoms with van der Waals surface area (Å²) in [7, 11) is 0. The van der Waals surface area contributed by atoms with Crippen LogP contribution in [-0.4, -0.2) is 37.1 Å². The molecule has 1 heterocycles. The van der Waals surface area contributed by atoms with Crippen LogP contribution in [0.1, 0.15) is 33.1 Å². The van der Waals surface area contributed by atoms with Crippen molar-refractivity contribution in [3.05, 3.63) is 12.2 Å². The summed E-state index contributed by atoms with van der Waals surface area (Å²) in [5.41, 5.74) is 1.32. The van der Waals surface area contributed by atoms with Crippen molar-refractivity contribution < 1.29 is 0 Å².